The summed E-state index contributed by atoms with van der Waals surface area (Å²) in [5, 5.41) is 6.04. The third-order valence-corrected chi connectivity index (χ3v) is 3.45. The van der Waals surface area contributed by atoms with Crippen LogP contribution in [0.3, 0.4) is 0 Å². The quantitative estimate of drug-likeness (QED) is 0.731. The first-order chi connectivity index (χ1) is 8.58. The molecule has 2 aromatic heterocycles. The van der Waals surface area contributed by atoms with Crippen LogP contribution in [0.4, 0.5) is 5.69 Å². The SMILES string of the molecule is Cn1ncc(N)c1-c1cc2ccc(Cl)cc2n1C. The predicted molar refractivity (Wildman–Crippen MR) is 74.5 cm³/mol. The van der Waals surface area contributed by atoms with E-state index >= 15 is 0 Å². The maximum absolute atomic E-state index is 6.03. The smallest absolute Gasteiger partial charge is 0.107 e. The summed E-state index contributed by atoms with van der Waals surface area (Å²) in [6.45, 7) is 0. The van der Waals surface area contributed by atoms with Gasteiger partial charge in [-0.05, 0) is 18.2 Å². The van der Waals surface area contributed by atoms with E-state index < -0.39 is 0 Å². The lowest BCUT2D eigenvalue weighted by atomic mass is 10.2. The minimum Gasteiger partial charge on any atom is -0.396 e. The van der Waals surface area contributed by atoms with Gasteiger partial charge in [0.15, 0.2) is 0 Å². The Morgan fingerprint density at radius 3 is 2.67 bits per heavy atom. The summed E-state index contributed by atoms with van der Waals surface area (Å²) in [5.41, 5.74) is 9.68. The minimum atomic E-state index is 0.675. The third kappa shape index (κ3) is 1.49. The topological polar surface area (TPSA) is 48.8 Å². The van der Waals surface area contributed by atoms with Gasteiger partial charge in [0.1, 0.15) is 5.69 Å². The predicted octanol–water partition coefficient (Wildman–Crippen LogP) is 2.81. The van der Waals surface area contributed by atoms with Gasteiger partial charge in [-0.3, -0.25) is 4.68 Å². The molecule has 1 aromatic carbocycles. The average molecular weight is 261 g/mol. The van der Waals surface area contributed by atoms with Crippen molar-refractivity contribution in [2.75, 3.05) is 5.73 Å². The molecule has 0 aliphatic carbocycles. The van der Waals surface area contributed by atoms with Gasteiger partial charge in [-0.1, -0.05) is 17.7 Å². The van der Waals surface area contributed by atoms with Crippen molar-refractivity contribution >= 4 is 28.2 Å². The van der Waals surface area contributed by atoms with Crippen LogP contribution in [0.15, 0.2) is 30.5 Å². The van der Waals surface area contributed by atoms with E-state index in [0.29, 0.717) is 5.69 Å². The number of aromatic nitrogens is 3. The van der Waals surface area contributed by atoms with E-state index in [2.05, 4.69) is 15.7 Å². The fourth-order valence-electron chi connectivity index (χ4n) is 2.30. The van der Waals surface area contributed by atoms with E-state index in [1.165, 1.54) is 0 Å². The molecule has 0 unspecified atom stereocenters. The summed E-state index contributed by atoms with van der Waals surface area (Å²) < 4.78 is 3.86. The number of halogens is 1. The first kappa shape index (κ1) is 11.2. The molecule has 0 saturated heterocycles. The highest BCUT2D eigenvalue weighted by molar-refractivity contribution is 6.31. The highest BCUT2D eigenvalue weighted by Crippen LogP contribution is 2.31. The van der Waals surface area contributed by atoms with Crippen LogP contribution >= 0.6 is 11.6 Å². The van der Waals surface area contributed by atoms with Gasteiger partial charge in [0, 0.05) is 30.0 Å². The van der Waals surface area contributed by atoms with Crippen LogP contribution in [0, 0.1) is 0 Å². The van der Waals surface area contributed by atoms with Crippen LogP contribution in [-0.4, -0.2) is 14.3 Å². The number of anilines is 1. The molecule has 0 saturated carbocycles. The molecular weight excluding hydrogens is 248 g/mol. The highest BCUT2D eigenvalue weighted by atomic mass is 35.5. The van der Waals surface area contributed by atoms with Crippen molar-refractivity contribution in [1.82, 2.24) is 14.3 Å². The Labute approximate surface area is 110 Å². The van der Waals surface area contributed by atoms with Crippen LogP contribution in [0.5, 0.6) is 0 Å². The summed E-state index contributed by atoms with van der Waals surface area (Å²) in [6.07, 6.45) is 1.67. The van der Waals surface area contributed by atoms with Gasteiger partial charge >= 0.3 is 0 Å². The lowest BCUT2D eigenvalue weighted by Gasteiger charge is -2.06. The molecule has 0 amide bonds. The molecule has 0 aliphatic rings. The molecule has 3 rings (SSSR count). The summed E-state index contributed by atoms with van der Waals surface area (Å²) >= 11 is 6.03. The number of nitrogen functional groups attached to an aromatic ring is 1. The monoisotopic (exact) mass is 260 g/mol. The third-order valence-electron chi connectivity index (χ3n) is 3.22. The number of nitrogens with two attached hydrogens (primary N) is 1. The maximum Gasteiger partial charge on any atom is 0.107 e. The Balaban J connectivity index is 2.34. The number of rotatable bonds is 1. The number of fused-ring (bicyclic) bond motifs is 1. The van der Waals surface area contributed by atoms with Gasteiger partial charge in [-0.25, -0.2) is 0 Å². The second-order valence-electron chi connectivity index (χ2n) is 4.36. The van der Waals surface area contributed by atoms with Crippen LogP contribution < -0.4 is 5.73 Å². The molecular formula is C13H13ClN4. The van der Waals surface area contributed by atoms with Gasteiger partial charge in [0.25, 0.3) is 0 Å². The molecule has 3 aromatic rings. The van der Waals surface area contributed by atoms with E-state index in [1.54, 1.807) is 10.9 Å². The number of nitrogens with zero attached hydrogens (tertiary/aromatic N) is 3. The molecule has 5 heteroatoms. The van der Waals surface area contributed by atoms with E-state index in [4.69, 9.17) is 17.3 Å². The largest absolute Gasteiger partial charge is 0.396 e. The van der Waals surface area contributed by atoms with Crippen LogP contribution in [0.25, 0.3) is 22.3 Å². The summed E-state index contributed by atoms with van der Waals surface area (Å²) in [5.74, 6) is 0. The number of hydrogen-bond donors (Lipinski definition) is 1. The van der Waals surface area contributed by atoms with Crippen molar-refractivity contribution in [3.63, 3.8) is 0 Å². The van der Waals surface area contributed by atoms with Crippen LogP contribution in [-0.2, 0) is 14.1 Å². The first-order valence-electron chi connectivity index (χ1n) is 5.61. The molecule has 2 heterocycles. The van der Waals surface area contributed by atoms with E-state index in [1.807, 2.05) is 32.3 Å². The zero-order valence-corrected chi connectivity index (χ0v) is 10.9. The average Bonchev–Trinajstić information content (AvgIpc) is 2.82. The summed E-state index contributed by atoms with van der Waals surface area (Å²) in [4.78, 5) is 0. The molecule has 92 valence electrons. The van der Waals surface area contributed by atoms with E-state index in [9.17, 15) is 0 Å². The zero-order chi connectivity index (χ0) is 12.9. The molecule has 0 aliphatic heterocycles. The van der Waals surface area contributed by atoms with Crippen molar-refractivity contribution in [3.05, 3.63) is 35.5 Å². The van der Waals surface area contributed by atoms with Gasteiger partial charge in [0.05, 0.1) is 17.6 Å². The van der Waals surface area contributed by atoms with Crippen molar-refractivity contribution in [3.8, 4) is 11.4 Å². The Morgan fingerprint density at radius 1 is 1.22 bits per heavy atom. The van der Waals surface area contributed by atoms with Crippen molar-refractivity contribution in [2.24, 2.45) is 14.1 Å². The zero-order valence-electron chi connectivity index (χ0n) is 10.2. The molecule has 0 bridgehead atoms. The Morgan fingerprint density at radius 2 is 2.00 bits per heavy atom. The molecule has 0 spiro atoms. The summed E-state index contributed by atoms with van der Waals surface area (Å²) in [6, 6.07) is 7.94. The van der Waals surface area contributed by atoms with Crippen molar-refractivity contribution in [1.29, 1.82) is 0 Å². The normalized spacial score (nSPS) is 11.3. The molecule has 0 radical (unpaired) electrons. The summed E-state index contributed by atoms with van der Waals surface area (Å²) in [7, 11) is 3.89. The Kier molecular flexibility index (Phi) is 2.35. The molecule has 18 heavy (non-hydrogen) atoms. The second-order valence-corrected chi connectivity index (χ2v) is 4.80. The maximum atomic E-state index is 6.03. The first-order valence-corrected chi connectivity index (χ1v) is 5.98. The highest BCUT2D eigenvalue weighted by Gasteiger charge is 2.14. The number of hydrogen-bond acceptors (Lipinski definition) is 2. The molecule has 0 atom stereocenters. The number of aryl methyl sites for hydroxylation is 2. The standard InChI is InChI=1S/C13H13ClN4/c1-17-11-6-9(14)4-3-8(11)5-12(17)13-10(15)7-16-18(13)2/h3-7H,15H2,1-2H3. The Bertz CT molecular complexity index is 719. The van der Waals surface area contributed by atoms with Gasteiger partial charge in [-0.15, -0.1) is 0 Å². The van der Waals surface area contributed by atoms with E-state index in [0.717, 1.165) is 27.3 Å². The van der Waals surface area contributed by atoms with E-state index in [-0.39, 0.29) is 0 Å². The van der Waals surface area contributed by atoms with Crippen LogP contribution in [0.2, 0.25) is 5.02 Å². The molecule has 2 N–H and O–H groups in total. The Hall–Kier alpha value is -1.94. The van der Waals surface area contributed by atoms with Crippen molar-refractivity contribution < 1.29 is 0 Å². The number of benzene rings is 1. The van der Waals surface area contributed by atoms with Crippen LogP contribution in [0.1, 0.15) is 0 Å². The fourth-order valence-corrected chi connectivity index (χ4v) is 2.46. The van der Waals surface area contributed by atoms with Gasteiger partial charge < -0.3 is 10.3 Å². The fraction of sp³-hybridized carbons (Fsp3) is 0.154. The molecule has 0 fully saturated rings. The second kappa shape index (κ2) is 3.78. The lowest BCUT2D eigenvalue weighted by Crippen LogP contribution is -2.00. The molecule has 4 nitrogen and oxygen atoms in total. The van der Waals surface area contributed by atoms with Gasteiger partial charge in [-0.2, -0.15) is 5.10 Å². The van der Waals surface area contributed by atoms with Crippen molar-refractivity contribution in [2.45, 2.75) is 0 Å². The van der Waals surface area contributed by atoms with Gasteiger partial charge in [0.2, 0.25) is 0 Å². The minimum absolute atomic E-state index is 0.675. The lowest BCUT2D eigenvalue weighted by molar-refractivity contribution is 0.768.